The summed E-state index contributed by atoms with van der Waals surface area (Å²) in [4.78, 5) is 26.9. The summed E-state index contributed by atoms with van der Waals surface area (Å²) in [5.41, 5.74) is 1.86. The highest BCUT2D eigenvalue weighted by molar-refractivity contribution is 7.09. The molecular weight excluding hydrogens is 340 g/mol. The molecule has 2 rings (SSSR count). The molecular formula is C18H22N2O4S. The summed E-state index contributed by atoms with van der Waals surface area (Å²) in [5, 5.41) is 14.1. The van der Waals surface area contributed by atoms with E-state index in [1.165, 1.54) is 16.9 Å². The molecule has 25 heavy (non-hydrogen) atoms. The summed E-state index contributed by atoms with van der Waals surface area (Å²) in [6.45, 7) is 4.52. The zero-order valence-electron chi connectivity index (χ0n) is 14.3. The third kappa shape index (κ3) is 6.93. The van der Waals surface area contributed by atoms with E-state index in [9.17, 15) is 9.59 Å². The van der Waals surface area contributed by atoms with E-state index >= 15 is 0 Å². The van der Waals surface area contributed by atoms with E-state index in [2.05, 4.69) is 10.3 Å². The fourth-order valence-electron chi connectivity index (χ4n) is 2.16. The molecule has 0 spiro atoms. The monoisotopic (exact) mass is 362 g/mol. The number of carbonyl (C=O) groups excluding carboxylic acids is 1. The lowest BCUT2D eigenvalue weighted by Gasteiger charge is -2.09. The van der Waals surface area contributed by atoms with Gasteiger partial charge in [-0.05, 0) is 25.0 Å². The molecule has 1 heterocycles. The number of amides is 1. The van der Waals surface area contributed by atoms with Crippen LogP contribution in [0, 0.1) is 12.8 Å². The van der Waals surface area contributed by atoms with Gasteiger partial charge in [-0.25, -0.2) is 4.98 Å². The van der Waals surface area contributed by atoms with Crippen molar-refractivity contribution in [2.45, 2.75) is 33.3 Å². The number of hydrogen-bond donors (Lipinski definition) is 2. The average Bonchev–Trinajstić information content (AvgIpc) is 2.99. The molecule has 2 aromatic rings. The topological polar surface area (TPSA) is 88.5 Å². The van der Waals surface area contributed by atoms with Crippen LogP contribution in [0.4, 0.5) is 0 Å². The predicted molar refractivity (Wildman–Crippen MR) is 95.8 cm³/mol. The van der Waals surface area contributed by atoms with E-state index in [1.54, 1.807) is 6.92 Å². The van der Waals surface area contributed by atoms with Crippen LogP contribution in [-0.2, 0) is 22.6 Å². The predicted octanol–water partition coefficient (Wildman–Crippen LogP) is 2.80. The second-order valence-corrected chi connectivity index (χ2v) is 6.96. The Hall–Kier alpha value is -2.41. The highest BCUT2D eigenvalue weighted by Crippen LogP contribution is 2.16. The van der Waals surface area contributed by atoms with E-state index in [1.807, 2.05) is 36.6 Å². The molecule has 1 unspecified atom stereocenters. The van der Waals surface area contributed by atoms with Crippen LogP contribution in [0.25, 0.3) is 0 Å². The van der Waals surface area contributed by atoms with E-state index in [0.717, 1.165) is 10.8 Å². The standard InChI is InChI=1S/C18H22N2O4S/c1-12-3-5-15(6-4-12)24-10-17-20-14(11-25-17)8-16(21)19-9-13(2)7-18(22)23/h3-6,11,13H,7-10H2,1-2H3,(H,19,21)(H,22,23). The van der Waals surface area contributed by atoms with Gasteiger partial charge in [0.15, 0.2) is 0 Å². The maximum atomic E-state index is 11.9. The van der Waals surface area contributed by atoms with Crippen molar-refractivity contribution in [3.63, 3.8) is 0 Å². The van der Waals surface area contributed by atoms with Crippen molar-refractivity contribution in [2.24, 2.45) is 5.92 Å². The van der Waals surface area contributed by atoms with Gasteiger partial charge < -0.3 is 15.2 Å². The van der Waals surface area contributed by atoms with Gasteiger partial charge in [0.1, 0.15) is 17.4 Å². The zero-order valence-corrected chi connectivity index (χ0v) is 15.1. The van der Waals surface area contributed by atoms with E-state index in [-0.39, 0.29) is 24.7 Å². The molecule has 0 aliphatic carbocycles. The Bertz CT molecular complexity index is 712. The second kappa shape index (κ2) is 9.17. The first-order valence-corrected chi connectivity index (χ1v) is 8.91. The highest BCUT2D eigenvalue weighted by atomic mass is 32.1. The van der Waals surface area contributed by atoms with Gasteiger partial charge in [0, 0.05) is 18.3 Å². The van der Waals surface area contributed by atoms with Gasteiger partial charge in [0.05, 0.1) is 12.1 Å². The third-order valence-electron chi connectivity index (χ3n) is 3.50. The number of aryl methyl sites for hydroxylation is 1. The number of carbonyl (C=O) groups is 2. The molecule has 134 valence electrons. The van der Waals surface area contributed by atoms with Crippen LogP contribution in [0.15, 0.2) is 29.6 Å². The average molecular weight is 362 g/mol. The van der Waals surface area contributed by atoms with Crippen molar-refractivity contribution in [3.8, 4) is 5.75 Å². The molecule has 0 radical (unpaired) electrons. The van der Waals surface area contributed by atoms with Gasteiger partial charge in [0.2, 0.25) is 5.91 Å². The molecule has 1 atom stereocenters. The number of thiazole rings is 1. The number of nitrogens with one attached hydrogen (secondary N) is 1. The Morgan fingerprint density at radius 3 is 2.72 bits per heavy atom. The fraction of sp³-hybridized carbons (Fsp3) is 0.389. The van der Waals surface area contributed by atoms with Crippen LogP contribution in [0.3, 0.4) is 0 Å². The minimum absolute atomic E-state index is 0.0392. The maximum absolute atomic E-state index is 11.9. The summed E-state index contributed by atoms with van der Waals surface area (Å²) >= 11 is 1.45. The number of nitrogens with zero attached hydrogens (tertiary/aromatic N) is 1. The molecule has 0 aliphatic rings. The summed E-state index contributed by atoms with van der Waals surface area (Å²) < 4.78 is 5.67. The number of aliphatic carboxylic acids is 1. The highest BCUT2D eigenvalue weighted by Gasteiger charge is 2.11. The second-order valence-electron chi connectivity index (χ2n) is 6.02. The van der Waals surface area contributed by atoms with Gasteiger partial charge in [-0.3, -0.25) is 9.59 Å². The number of carboxylic acids is 1. The lowest BCUT2D eigenvalue weighted by Crippen LogP contribution is -2.30. The first-order chi connectivity index (χ1) is 11.9. The van der Waals surface area contributed by atoms with E-state index in [0.29, 0.717) is 18.8 Å². The number of aromatic nitrogens is 1. The quantitative estimate of drug-likeness (QED) is 0.716. The van der Waals surface area contributed by atoms with Crippen LogP contribution >= 0.6 is 11.3 Å². The molecule has 2 N–H and O–H groups in total. The molecule has 6 nitrogen and oxygen atoms in total. The van der Waals surface area contributed by atoms with Crippen molar-refractivity contribution < 1.29 is 19.4 Å². The van der Waals surface area contributed by atoms with Crippen molar-refractivity contribution in [1.29, 1.82) is 0 Å². The lowest BCUT2D eigenvalue weighted by atomic mass is 10.1. The molecule has 1 aromatic heterocycles. The summed E-state index contributed by atoms with van der Waals surface area (Å²) in [6, 6.07) is 7.79. The van der Waals surface area contributed by atoms with E-state index < -0.39 is 5.97 Å². The number of hydrogen-bond acceptors (Lipinski definition) is 5. The minimum atomic E-state index is -0.862. The molecule has 0 aliphatic heterocycles. The number of carboxylic acid groups (broad SMARTS) is 1. The van der Waals surface area contributed by atoms with Crippen molar-refractivity contribution in [1.82, 2.24) is 10.3 Å². The first-order valence-electron chi connectivity index (χ1n) is 8.03. The van der Waals surface area contributed by atoms with Crippen LogP contribution in [0.5, 0.6) is 5.75 Å². The fourth-order valence-corrected chi connectivity index (χ4v) is 2.87. The maximum Gasteiger partial charge on any atom is 0.303 e. The minimum Gasteiger partial charge on any atom is -0.486 e. The molecule has 0 saturated heterocycles. The van der Waals surface area contributed by atoms with Crippen LogP contribution in [0.2, 0.25) is 0 Å². The normalized spacial score (nSPS) is 11.8. The van der Waals surface area contributed by atoms with Crippen LogP contribution < -0.4 is 10.1 Å². The van der Waals surface area contributed by atoms with Crippen LogP contribution in [0.1, 0.15) is 29.6 Å². The SMILES string of the molecule is Cc1ccc(OCc2nc(CC(=O)NCC(C)CC(=O)O)cs2)cc1. The lowest BCUT2D eigenvalue weighted by molar-refractivity contribution is -0.138. The summed E-state index contributed by atoms with van der Waals surface area (Å²) in [7, 11) is 0. The zero-order chi connectivity index (χ0) is 18.2. The molecule has 0 fully saturated rings. The van der Waals surface area contributed by atoms with Gasteiger partial charge in [0.25, 0.3) is 0 Å². The Balaban J connectivity index is 1.75. The van der Waals surface area contributed by atoms with Gasteiger partial charge in [-0.1, -0.05) is 24.6 Å². The van der Waals surface area contributed by atoms with Crippen molar-refractivity contribution in [3.05, 3.63) is 45.9 Å². The van der Waals surface area contributed by atoms with Gasteiger partial charge in [-0.2, -0.15) is 0 Å². The molecule has 0 bridgehead atoms. The molecule has 7 heteroatoms. The summed E-state index contributed by atoms with van der Waals surface area (Å²) in [6.07, 6.45) is 0.221. The number of ether oxygens (including phenoxy) is 1. The Kier molecular flexibility index (Phi) is 6.94. The molecule has 1 aromatic carbocycles. The smallest absolute Gasteiger partial charge is 0.303 e. The third-order valence-corrected chi connectivity index (χ3v) is 4.37. The number of rotatable bonds is 9. The first kappa shape index (κ1) is 18.9. The Morgan fingerprint density at radius 2 is 2.04 bits per heavy atom. The molecule has 0 saturated carbocycles. The number of benzene rings is 1. The Morgan fingerprint density at radius 1 is 1.32 bits per heavy atom. The van der Waals surface area contributed by atoms with Crippen molar-refractivity contribution in [2.75, 3.05) is 6.54 Å². The van der Waals surface area contributed by atoms with Crippen molar-refractivity contribution >= 4 is 23.2 Å². The van der Waals surface area contributed by atoms with Crippen LogP contribution in [-0.4, -0.2) is 28.5 Å². The largest absolute Gasteiger partial charge is 0.486 e. The Labute approximate surface area is 150 Å². The molecule has 1 amide bonds. The van der Waals surface area contributed by atoms with Gasteiger partial charge >= 0.3 is 5.97 Å². The van der Waals surface area contributed by atoms with Gasteiger partial charge in [-0.15, -0.1) is 11.3 Å². The summed E-state index contributed by atoms with van der Waals surface area (Å²) in [5.74, 6) is -0.337. The van der Waals surface area contributed by atoms with E-state index in [4.69, 9.17) is 9.84 Å².